The number of anilines is 1. The number of furan rings is 1. The Morgan fingerprint density at radius 1 is 1.25 bits per heavy atom. The van der Waals surface area contributed by atoms with E-state index in [1.165, 1.54) is 4.68 Å². The standard InChI is InChI=1S/C12H11ClN6O/c13-10-16-11(14-6-4-9-3-1-8-20-9)18-12(17-10)19-7-2-5-15-19/h1-3,5,7-8H,4,6H2,(H,14,16,17,18). The minimum absolute atomic E-state index is 0.117. The number of aromatic nitrogens is 5. The second-order valence-corrected chi connectivity index (χ2v) is 4.27. The number of rotatable bonds is 5. The lowest BCUT2D eigenvalue weighted by atomic mass is 10.3. The van der Waals surface area contributed by atoms with Crippen LogP contribution in [0.4, 0.5) is 5.95 Å². The minimum Gasteiger partial charge on any atom is -0.469 e. The van der Waals surface area contributed by atoms with Crippen molar-refractivity contribution in [2.24, 2.45) is 0 Å². The van der Waals surface area contributed by atoms with Crippen molar-refractivity contribution in [3.8, 4) is 5.95 Å². The van der Waals surface area contributed by atoms with E-state index in [-0.39, 0.29) is 5.28 Å². The molecule has 102 valence electrons. The Kier molecular flexibility index (Phi) is 3.60. The zero-order valence-electron chi connectivity index (χ0n) is 10.4. The first-order valence-corrected chi connectivity index (χ1v) is 6.37. The summed E-state index contributed by atoms with van der Waals surface area (Å²) in [7, 11) is 0. The Bertz CT molecular complexity index is 667. The fourth-order valence-electron chi connectivity index (χ4n) is 1.66. The van der Waals surface area contributed by atoms with Gasteiger partial charge in [0.15, 0.2) is 0 Å². The lowest BCUT2D eigenvalue weighted by Gasteiger charge is -2.05. The summed E-state index contributed by atoms with van der Waals surface area (Å²) in [5.41, 5.74) is 0. The summed E-state index contributed by atoms with van der Waals surface area (Å²) in [6, 6.07) is 5.55. The Balaban J connectivity index is 1.70. The lowest BCUT2D eigenvalue weighted by molar-refractivity contribution is 0.512. The Morgan fingerprint density at radius 2 is 2.20 bits per heavy atom. The van der Waals surface area contributed by atoms with Crippen molar-refractivity contribution in [1.82, 2.24) is 24.7 Å². The predicted octanol–water partition coefficient (Wildman–Crippen LogP) is 1.96. The van der Waals surface area contributed by atoms with Crippen molar-refractivity contribution in [3.05, 3.63) is 47.9 Å². The Hall–Kier alpha value is -2.41. The highest BCUT2D eigenvalue weighted by Crippen LogP contribution is 2.09. The van der Waals surface area contributed by atoms with Gasteiger partial charge in [0.1, 0.15) is 5.76 Å². The highest BCUT2D eigenvalue weighted by Gasteiger charge is 2.07. The molecule has 0 spiro atoms. The van der Waals surface area contributed by atoms with Crippen LogP contribution in [-0.2, 0) is 6.42 Å². The largest absolute Gasteiger partial charge is 0.469 e. The van der Waals surface area contributed by atoms with Gasteiger partial charge in [-0.2, -0.15) is 20.1 Å². The van der Waals surface area contributed by atoms with E-state index in [0.717, 1.165) is 12.2 Å². The fourth-order valence-corrected chi connectivity index (χ4v) is 1.82. The van der Waals surface area contributed by atoms with Gasteiger partial charge in [-0.1, -0.05) is 0 Å². The molecule has 1 N–H and O–H groups in total. The monoisotopic (exact) mass is 290 g/mol. The maximum absolute atomic E-state index is 5.88. The maximum atomic E-state index is 5.88. The van der Waals surface area contributed by atoms with E-state index in [2.05, 4.69) is 25.4 Å². The highest BCUT2D eigenvalue weighted by atomic mass is 35.5. The van der Waals surface area contributed by atoms with Crippen LogP contribution in [0.5, 0.6) is 0 Å². The molecule has 0 radical (unpaired) electrons. The van der Waals surface area contributed by atoms with Crippen LogP contribution in [0.3, 0.4) is 0 Å². The van der Waals surface area contributed by atoms with Crippen LogP contribution in [-0.4, -0.2) is 31.3 Å². The third-order valence-electron chi connectivity index (χ3n) is 2.54. The first-order chi connectivity index (χ1) is 9.81. The SMILES string of the molecule is Clc1nc(NCCc2ccco2)nc(-n2cccn2)n1. The second-order valence-electron chi connectivity index (χ2n) is 3.93. The van der Waals surface area contributed by atoms with Crippen molar-refractivity contribution in [2.45, 2.75) is 6.42 Å². The topological polar surface area (TPSA) is 81.7 Å². The maximum Gasteiger partial charge on any atom is 0.256 e. The fraction of sp³-hybridized carbons (Fsp3) is 0.167. The van der Waals surface area contributed by atoms with Gasteiger partial charge in [0.05, 0.1) is 6.26 Å². The average Bonchev–Trinajstić information content (AvgIpc) is 3.11. The van der Waals surface area contributed by atoms with Crippen LogP contribution in [0.25, 0.3) is 5.95 Å². The van der Waals surface area contributed by atoms with Gasteiger partial charge in [-0.15, -0.1) is 0 Å². The summed E-state index contributed by atoms with van der Waals surface area (Å²) in [4.78, 5) is 12.3. The molecule has 0 atom stereocenters. The molecule has 7 nitrogen and oxygen atoms in total. The molecule has 3 aromatic rings. The van der Waals surface area contributed by atoms with Gasteiger partial charge in [0.2, 0.25) is 11.2 Å². The normalized spacial score (nSPS) is 10.7. The van der Waals surface area contributed by atoms with Crippen LogP contribution in [0.1, 0.15) is 5.76 Å². The molecular formula is C12H11ClN6O. The molecule has 0 bridgehead atoms. The second kappa shape index (κ2) is 5.70. The molecule has 3 aromatic heterocycles. The van der Waals surface area contributed by atoms with E-state index < -0.39 is 0 Å². The zero-order chi connectivity index (χ0) is 13.8. The van der Waals surface area contributed by atoms with Gasteiger partial charge >= 0.3 is 0 Å². The van der Waals surface area contributed by atoms with Crippen molar-refractivity contribution < 1.29 is 4.42 Å². The van der Waals surface area contributed by atoms with Gasteiger partial charge < -0.3 is 9.73 Å². The van der Waals surface area contributed by atoms with E-state index in [9.17, 15) is 0 Å². The molecular weight excluding hydrogens is 280 g/mol. The zero-order valence-corrected chi connectivity index (χ0v) is 11.2. The van der Waals surface area contributed by atoms with Gasteiger partial charge in [-0.05, 0) is 29.8 Å². The van der Waals surface area contributed by atoms with Gasteiger partial charge in [0.25, 0.3) is 5.95 Å². The molecule has 20 heavy (non-hydrogen) atoms. The lowest BCUT2D eigenvalue weighted by Crippen LogP contribution is -2.11. The molecule has 0 aliphatic carbocycles. The summed E-state index contributed by atoms with van der Waals surface area (Å²) < 4.78 is 6.76. The predicted molar refractivity (Wildman–Crippen MR) is 72.9 cm³/mol. The highest BCUT2D eigenvalue weighted by molar-refractivity contribution is 6.28. The number of nitrogens with one attached hydrogen (secondary N) is 1. The van der Waals surface area contributed by atoms with Crippen molar-refractivity contribution in [2.75, 3.05) is 11.9 Å². The molecule has 0 aliphatic rings. The van der Waals surface area contributed by atoms with Crippen molar-refractivity contribution in [1.29, 1.82) is 0 Å². The number of nitrogens with zero attached hydrogens (tertiary/aromatic N) is 5. The average molecular weight is 291 g/mol. The molecule has 3 heterocycles. The van der Waals surface area contributed by atoms with Crippen LogP contribution in [0.2, 0.25) is 5.28 Å². The minimum atomic E-state index is 0.117. The van der Waals surface area contributed by atoms with E-state index in [1.54, 1.807) is 24.7 Å². The molecule has 0 saturated carbocycles. The third-order valence-corrected chi connectivity index (χ3v) is 2.71. The molecule has 0 saturated heterocycles. The first kappa shape index (κ1) is 12.6. The molecule has 0 fully saturated rings. The molecule has 0 aromatic carbocycles. The molecule has 0 aliphatic heterocycles. The van der Waals surface area contributed by atoms with E-state index in [4.69, 9.17) is 16.0 Å². The quantitative estimate of drug-likeness (QED) is 0.773. The Labute approximate surface area is 119 Å². The summed E-state index contributed by atoms with van der Waals surface area (Å²) >= 11 is 5.88. The summed E-state index contributed by atoms with van der Waals surface area (Å²) in [6.07, 6.45) is 5.75. The number of hydrogen-bond acceptors (Lipinski definition) is 6. The Morgan fingerprint density at radius 3 is 2.95 bits per heavy atom. The molecule has 0 amide bonds. The van der Waals surface area contributed by atoms with Gasteiger partial charge in [0, 0.05) is 25.4 Å². The van der Waals surface area contributed by atoms with Crippen LogP contribution in [0, 0.1) is 0 Å². The van der Waals surface area contributed by atoms with Gasteiger partial charge in [-0.3, -0.25) is 0 Å². The third kappa shape index (κ3) is 2.94. The van der Waals surface area contributed by atoms with Crippen molar-refractivity contribution in [3.63, 3.8) is 0 Å². The van der Waals surface area contributed by atoms with E-state index >= 15 is 0 Å². The summed E-state index contributed by atoms with van der Waals surface area (Å²) in [5, 5.41) is 7.25. The van der Waals surface area contributed by atoms with Crippen molar-refractivity contribution >= 4 is 17.5 Å². The summed E-state index contributed by atoms with van der Waals surface area (Å²) in [6.45, 7) is 0.631. The number of hydrogen-bond donors (Lipinski definition) is 1. The van der Waals surface area contributed by atoms with E-state index in [0.29, 0.717) is 18.4 Å². The van der Waals surface area contributed by atoms with E-state index in [1.807, 2.05) is 12.1 Å². The molecule has 3 rings (SSSR count). The van der Waals surface area contributed by atoms with Crippen LogP contribution >= 0.6 is 11.6 Å². The number of halogens is 1. The first-order valence-electron chi connectivity index (χ1n) is 5.99. The van der Waals surface area contributed by atoms with Crippen LogP contribution in [0.15, 0.2) is 41.3 Å². The molecule has 0 unspecified atom stereocenters. The molecule has 8 heteroatoms. The van der Waals surface area contributed by atoms with Gasteiger partial charge in [-0.25, -0.2) is 4.68 Å². The smallest absolute Gasteiger partial charge is 0.256 e. The summed E-state index contributed by atoms with van der Waals surface area (Å²) in [5.74, 6) is 1.67. The van der Waals surface area contributed by atoms with Crippen LogP contribution < -0.4 is 5.32 Å².